The molecule has 1 aromatic rings. The fraction of sp³-hybridized carbons (Fsp3) is 0.579. The van der Waals surface area contributed by atoms with Crippen LogP contribution in [0.4, 0.5) is 4.79 Å². The third kappa shape index (κ3) is 3.23. The van der Waals surface area contributed by atoms with Gasteiger partial charge in [0.05, 0.1) is 13.1 Å². The molecule has 2 saturated heterocycles. The maximum atomic E-state index is 12.7. The number of amides is 2. The first-order chi connectivity index (χ1) is 12.0. The minimum atomic E-state index is -0.496. The van der Waals surface area contributed by atoms with Gasteiger partial charge in [-0.2, -0.15) is 0 Å². The molecule has 3 aliphatic rings. The van der Waals surface area contributed by atoms with Crippen molar-refractivity contribution in [2.75, 3.05) is 33.2 Å². The number of piperidine rings is 1. The SMILES string of the molecule is CN1C[C@@]2(CCCN(C(=O)CCN3Cc4ccccc4C3)C2)OC1=O. The number of benzene rings is 1. The number of carbonyl (C=O) groups excluding carboxylic acids is 2. The first kappa shape index (κ1) is 16.4. The van der Waals surface area contributed by atoms with Crippen LogP contribution in [0.3, 0.4) is 0 Å². The molecule has 4 rings (SSSR count). The average molecular weight is 343 g/mol. The second-order valence-corrected chi connectivity index (χ2v) is 7.56. The van der Waals surface area contributed by atoms with E-state index in [1.54, 1.807) is 11.9 Å². The molecule has 2 amide bonds. The summed E-state index contributed by atoms with van der Waals surface area (Å²) in [6.07, 6.45) is 1.98. The summed E-state index contributed by atoms with van der Waals surface area (Å²) in [4.78, 5) is 30.2. The van der Waals surface area contributed by atoms with Gasteiger partial charge in [-0.1, -0.05) is 24.3 Å². The van der Waals surface area contributed by atoms with Crippen molar-refractivity contribution in [3.8, 4) is 0 Å². The number of hydrogen-bond donors (Lipinski definition) is 0. The fourth-order valence-corrected chi connectivity index (χ4v) is 4.29. The molecule has 2 fully saturated rings. The van der Waals surface area contributed by atoms with Crippen molar-refractivity contribution in [3.63, 3.8) is 0 Å². The Hall–Kier alpha value is -2.08. The van der Waals surface area contributed by atoms with Gasteiger partial charge in [-0.05, 0) is 24.0 Å². The van der Waals surface area contributed by atoms with Crippen LogP contribution in [0.25, 0.3) is 0 Å². The molecule has 0 radical (unpaired) electrons. The van der Waals surface area contributed by atoms with Gasteiger partial charge in [0.1, 0.15) is 5.60 Å². The third-order valence-electron chi connectivity index (χ3n) is 5.58. The van der Waals surface area contributed by atoms with Crippen molar-refractivity contribution >= 4 is 12.0 Å². The van der Waals surface area contributed by atoms with E-state index < -0.39 is 5.60 Å². The molecular formula is C19H25N3O3. The Kier molecular flexibility index (Phi) is 4.15. The molecule has 6 nitrogen and oxygen atoms in total. The van der Waals surface area contributed by atoms with Crippen LogP contribution in [0.2, 0.25) is 0 Å². The number of carbonyl (C=O) groups is 2. The molecule has 0 saturated carbocycles. The van der Waals surface area contributed by atoms with Crippen molar-refractivity contribution in [2.24, 2.45) is 0 Å². The summed E-state index contributed by atoms with van der Waals surface area (Å²) in [6, 6.07) is 8.47. The first-order valence-corrected chi connectivity index (χ1v) is 9.06. The lowest BCUT2D eigenvalue weighted by atomic mass is 9.92. The van der Waals surface area contributed by atoms with Gasteiger partial charge in [-0.3, -0.25) is 9.69 Å². The highest BCUT2D eigenvalue weighted by molar-refractivity contribution is 5.77. The lowest BCUT2D eigenvalue weighted by molar-refractivity contribution is -0.137. The average Bonchev–Trinajstić information content (AvgIpc) is 3.13. The highest BCUT2D eigenvalue weighted by Crippen LogP contribution is 2.31. The van der Waals surface area contributed by atoms with Crippen LogP contribution in [-0.2, 0) is 22.6 Å². The number of likely N-dealkylation sites (tertiary alicyclic amines) is 1. The van der Waals surface area contributed by atoms with E-state index in [1.807, 2.05) is 4.90 Å². The zero-order chi connectivity index (χ0) is 17.4. The Morgan fingerprint density at radius 1 is 1.20 bits per heavy atom. The number of rotatable bonds is 3. The van der Waals surface area contributed by atoms with E-state index in [0.29, 0.717) is 19.5 Å². The maximum Gasteiger partial charge on any atom is 0.410 e. The number of nitrogens with zero attached hydrogens (tertiary/aromatic N) is 3. The number of fused-ring (bicyclic) bond motifs is 1. The van der Waals surface area contributed by atoms with Crippen molar-refractivity contribution in [3.05, 3.63) is 35.4 Å². The van der Waals surface area contributed by atoms with Crippen LogP contribution in [0.5, 0.6) is 0 Å². The first-order valence-electron chi connectivity index (χ1n) is 9.06. The van der Waals surface area contributed by atoms with Crippen molar-refractivity contribution in [2.45, 2.75) is 38.0 Å². The van der Waals surface area contributed by atoms with Crippen LogP contribution < -0.4 is 0 Å². The molecule has 134 valence electrons. The van der Waals surface area contributed by atoms with Gasteiger partial charge in [-0.15, -0.1) is 0 Å². The molecule has 25 heavy (non-hydrogen) atoms. The van der Waals surface area contributed by atoms with Crippen LogP contribution in [0.15, 0.2) is 24.3 Å². The Bertz CT molecular complexity index is 667. The standard InChI is InChI=1S/C19H25N3O3/c1-20-13-19(25-18(20)24)8-4-9-22(14-19)17(23)7-10-21-11-15-5-2-3-6-16(15)12-21/h2-3,5-6H,4,7-14H2,1H3/t19-/m1/s1. The Morgan fingerprint density at radius 3 is 2.56 bits per heavy atom. The van der Waals surface area contributed by atoms with Gasteiger partial charge < -0.3 is 14.5 Å². The molecule has 0 unspecified atom stereocenters. The summed E-state index contributed by atoms with van der Waals surface area (Å²) in [5, 5.41) is 0. The van der Waals surface area contributed by atoms with E-state index in [9.17, 15) is 9.59 Å². The molecular weight excluding hydrogens is 318 g/mol. The van der Waals surface area contributed by atoms with Gasteiger partial charge in [0.25, 0.3) is 0 Å². The number of ether oxygens (including phenoxy) is 1. The van der Waals surface area contributed by atoms with Crippen LogP contribution in [0, 0.1) is 0 Å². The molecule has 3 aliphatic heterocycles. The van der Waals surface area contributed by atoms with Gasteiger partial charge in [0.2, 0.25) is 5.91 Å². The van der Waals surface area contributed by atoms with E-state index in [4.69, 9.17) is 4.74 Å². The predicted octanol–water partition coefficient (Wildman–Crippen LogP) is 1.84. The molecule has 1 aromatic carbocycles. The Labute approximate surface area is 148 Å². The fourth-order valence-electron chi connectivity index (χ4n) is 4.29. The van der Waals surface area contributed by atoms with Gasteiger partial charge >= 0.3 is 6.09 Å². The van der Waals surface area contributed by atoms with Crippen LogP contribution in [-0.4, -0.2) is 65.5 Å². The molecule has 0 N–H and O–H groups in total. The largest absolute Gasteiger partial charge is 0.439 e. The van der Waals surface area contributed by atoms with E-state index in [2.05, 4.69) is 29.2 Å². The zero-order valence-corrected chi connectivity index (χ0v) is 14.7. The van der Waals surface area contributed by atoms with Crippen LogP contribution >= 0.6 is 0 Å². The maximum absolute atomic E-state index is 12.7. The van der Waals surface area contributed by atoms with Gasteiger partial charge in [-0.25, -0.2) is 4.79 Å². The highest BCUT2D eigenvalue weighted by Gasteiger charge is 2.47. The molecule has 0 aliphatic carbocycles. The van der Waals surface area contributed by atoms with E-state index in [-0.39, 0.29) is 12.0 Å². The minimum absolute atomic E-state index is 0.167. The second-order valence-electron chi connectivity index (χ2n) is 7.56. The number of hydrogen-bond acceptors (Lipinski definition) is 4. The predicted molar refractivity (Wildman–Crippen MR) is 92.8 cm³/mol. The molecule has 1 atom stereocenters. The summed E-state index contributed by atoms with van der Waals surface area (Å²) in [5.41, 5.74) is 2.24. The van der Waals surface area contributed by atoms with E-state index in [1.165, 1.54) is 11.1 Å². The van der Waals surface area contributed by atoms with Gasteiger partial charge in [0.15, 0.2) is 0 Å². The Morgan fingerprint density at radius 2 is 1.92 bits per heavy atom. The summed E-state index contributed by atoms with van der Waals surface area (Å²) in [6.45, 7) is 4.50. The molecule has 1 spiro atoms. The summed E-state index contributed by atoms with van der Waals surface area (Å²) < 4.78 is 5.59. The van der Waals surface area contributed by atoms with Gasteiger partial charge in [0, 0.05) is 39.6 Å². The van der Waals surface area contributed by atoms with Crippen LogP contribution in [0.1, 0.15) is 30.4 Å². The lowest BCUT2D eigenvalue weighted by Gasteiger charge is -2.38. The smallest absolute Gasteiger partial charge is 0.410 e. The normalized spacial score (nSPS) is 26.2. The molecule has 0 aromatic heterocycles. The monoisotopic (exact) mass is 343 g/mol. The quantitative estimate of drug-likeness (QED) is 0.840. The topological polar surface area (TPSA) is 53.1 Å². The molecule has 3 heterocycles. The summed E-state index contributed by atoms with van der Waals surface area (Å²) in [7, 11) is 1.75. The molecule has 6 heteroatoms. The van der Waals surface area contributed by atoms with Crippen molar-refractivity contribution in [1.29, 1.82) is 0 Å². The summed E-state index contributed by atoms with van der Waals surface area (Å²) in [5.74, 6) is 0.167. The molecule has 0 bridgehead atoms. The second kappa shape index (κ2) is 6.33. The van der Waals surface area contributed by atoms with Crippen molar-refractivity contribution < 1.29 is 14.3 Å². The number of likely N-dealkylation sites (N-methyl/N-ethyl adjacent to an activating group) is 1. The van der Waals surface area contributed by atoms with E-state index >= 15 is 0 Å². The van der Waals surface area contributed by atoms with E-state index in [0.717, 1.165) is 39.0 Å². The lowest BCUT2D eigenvalue weighted by Crippen LogP contribution is -2.52. The third-order valence-corrected chi connectivity index (χ3v) is 5.58. The summed E-state index contributed by atoms with van der Waals surface area (Å²) >= 11 is 0. The highest BCUT2D eigenvalue weighted by atomic mass is 16.6. The minimum Gasteiger partial charge on any atom is -0.439 e. The van der Waals surface area contributed by atoms with Crippen molar-refractivity contribution in [1.82, 2.24) is 14.7 Å². The zero-order valence-electron chi connectivity index (χ0n) is 14.7. The Balaban J connectivity index is 1.31.